The smallest absolute Gasteiger partial charge is 0.213 e. The van der Waals surface area contributed by atoms with E-state index in [1.54, 1.807) is 6.08 Å². The van der Waals surface area contributed by atoms with Gasteiger partial charge in [0, 0.05) is 5.56 Å². The highest BCUT2D eigenvalue weighted by atomic mass is 35.5. The molecule has 3 heteroatoms. The van der Waals surface area contributed by atoms with Crippen molar-refractivity contribution >= 4 is 18.3 Å². The van der Waals surface area contributed by atoms with Gasteiger partial charge in [-0.2, -0.15) is 0 Å². The average molecular weight is 198 g/mol. The Bertz CT molecular complexity index is 272. The molecule has 0 aliphatic heterocycles. The lowest BCUT2D eigenvalue weighted by Gasteiger charge is -2.03. The van der Waals surface area contributed by atoms with Crippen molar-refractivity contribution in [2.24, 2.45) is 0 Å². The fourth-order valence-corrected chi connectivity index (χ4v) is 0.815. The van der Waals surface area contributed by atoms with Crippen molar-refractivity contribution in [3.8, 4) is 0 Å². The molecule has 2 nitrogen and oxygen atoms in total. The summed E-state index contributed by atoms with van der Waals surface area (Å²) in [5.41, 5.74) is 0.791. The minimum absolute atomic E-state index is 0. The second-order valence-corrected chi connectivity index (χ2v) is 2.29. The van der Waals surface area contributed by atoms with Crippen LogP contribution >= 0.6 is 12.4 Å². The quantitative estimate of drug-likeness (QED) is 0.451. The first-order valence-electron chi connectivity index (χ1n) is 3.72. The van der Waals surface area contributed by atoms with Crippen LogP contribution in [0.5, 0.6) is 0 Å². The molecule has 1 aromatic carbocycles. The first-order valence-corrected chi connectivity index (χ1v) is 3.72. The Labute approximate surface area is 84.2 Å². The van der Waals surface area contributed by atoms with Gasteiger partial charge in [-0.05, 0) is 12.1 Å². The van der Waals surface area contributed by atoms with Crippen LogP contribution in [0, 0.1) is 5.41 Å². The van der Waals surface area contributed by atoms with Gasteiger partial charge in [0.1, 0.15) is 6.61 Å². The summed E-state index contributed by atoms with van der Waals surface area (Å²) in [6.45, 7) is 3.89. The molecule has 0 saturated carbocycles. The minimum Gasteiger partial charge on any atom is -0.473 e. The lowest BCUT2D eigenvalue weighted by Crippen LogP contribution is -2.04. The summed E-state index contributed by atoms with van der Waals surface area (Å²) >= 11 is 0. The molecule has 70 valence electrons. The van der Waals surface area contributed by atoms with Crippen LogP contribution in [0.25, 0.3) is 0 Å². The van der Waals surface area contributed by atoms with Crippen LogP contribution in [-0.2, 0) is 4.74 Å². The summed E-state index contributed by atoms with van der Waals surface area (Å²) in [6.07, 6.45) is 1.62. The Morgan fingerprint density at radius 2 is 2.00 bits per heavy atom. The maximum absolute atomic E-state index is 7.46. The highest BCUT2D eigenvalue weighted by molar-refractivity contribution is 5.91. The van der Waals surface area contributed by atoms with Crippen LogP contribution in [0.2, 0.25) is 0 Å². The third-order valence-corrected chi connectivity index (χ3v) is 1.38. The summed E-state index contributed by atoms with van der Waals surface area (Å²) < 4.78 is 5.04. The van der Waals surface area contributed by atoms with E-state index in [0.717, 1.165) is 5.56 Å². The van der Waals surface area contributed by atoms with Gasteiger partial charge in [0.15, 0.2) is 0 Å². The molecular weight excluding hydrogens is 186 g/mol. The number of hydrogen-bond acceptors (Lipinski definition) is 2. The maximum atomic E-state index is 7.46. The standard InChI is InChI=1S/C10H11NO.ClH/c1-2-8-12-10(11)9-6-4-3-5-7-9;/h2-7,11H,1,8H2;1H. The van der Waals surface area contributed by atoms with E-state index in [2.05, 4.69) is 6.58 Å². The van der Waals surface area contributed by atoms with Gasteiger partial charge < -0.3 is 4.74 Å². The monoisotopic (exact) mass is 197 g/mol. The van der Waals surface area contributed by atoms with Gasteiger partial charge in [-0.3, -0.25) is 5.41 Å². The Kier molecular flexibility index (Phi) is 5.64. The van der Waals surface area contributed by atoms with Crippen molar-refractivity contribution in [3.05, 3.63) is 48.6 Å². The zero-order valence-electron chi connectivity index (χ0n) is 7.19. The molecule has 0 fully saturated rings. The Morgan fingerprint density at radius 3 is 2.54 bits per heavy atom. The summed E-state index contributed by atoms with van der Waals surface area (Å²) in [7, 11) is 0. The number of ether oxygens (including phenoxy) is 1. The third kappa shape index (κ3) is 3.76. The molecule has 1 aromatic rings. The van der Waals surface area contributed by atoms with Crippen LogP contribution in [0.4, 0.5) is 0 Å². The summed E-state index contributed by atoms with van der Waals surface area (Å²) in [4.78, 5) is 0. The highest BCUT2D eigenvalue weighted by Gasteiger charge is 1.98. The molecule has 1 N–H and O–H groups in total. The molecule has 0 saturated heterocycles. The summed E-state index contributed by atoms with van der Waals surface area (Å²) in [5, 5.41) is 7.46. The van der Waals surface area contributed by atoms with Crippen molar-refractivity contribution in [2.75, 3.05) is 6.61 Å². The van der Waals surface area contributed by atoms with Gasteiger partial charge >= 0.3 is 0 Å². The van der Waals surface area contributed by atoms with Crippen molar-refractivity contribution in [3.63, 3.8) is 0 Å². The van der Waals surface area contributed by atoms with Crippen LogP contribution < -0.4 is 0 Å². The highest BCUT2D eigenvalue weighted by Crippen LogP contribution is 2.00. The van der Waals surface area contributed by atoms with Crippen LogP contribution in [0.1, 0.15) is 5.56 Å². The molecule has 0 atom stereocenters. The lowest BCUT2D eigenvalue weighted by molar-refractivity contribution is 0.349. The molecule has 0 amide bonds. The van der Waals surface area contributed by atoms with E-state index in [-0.39, 0.29) is 18.3 Å². The van der Waals surface area contributed by atoms with Crippen molar-refractivity contribution in [2.45, 2.75) is 0 Å². The Morgan fingerprint density at radius 1 is 1.38 bits per heavy atom. The largest absolute Gasteiger partial charge is 0.473 e. The van der Waals surface area contributed by atoms with Crippen LogP contribution in [0.3, 0.4) is 0 Å². The van der Waals surface area contributed by atoms with Crippen LogP contribution in [0.15, 0.2) is 43.0 Å². The molecule has 0 bridgehead atoms. The zero-order valence-corrected chi connectivity index (χ0v) is 8.01. The molecule has 0 aliphatic rings. The topological polar surface area (TPSA) is 33.1 Å². The zero-order chi connectivity index (χ0) is 8.81. The van der Waals surface area contributed by atoms with E-state index in [1.165, 1.54) is 0 Å². The fourth-order valence-electron chi connectivity index (χ4n) is 0.815. The van der Waals surface area contributed by atoms with E-state index >= 15 is 0 Å². The van der Waals surface area contributed by atoms with E-state index in [4.69, 9.17) is 10.1 Å². The van der Waals surface area contributed by atoms with Gasteiger partial charge in [-0.15, -0.1) is 12.4 Å². The third-order valence-electron chi connectivity index (χ3n) is 1.38. The van der Waals surface area contributed by atoms with Crippen molar-refractivity contribution < 1.29 is 4.74 Å². The minimum atomic E-state index is 0. The summed E-state index contributed by atoms with van der Waals surface area (Å²) in [6, 6.07) is 9.34. The van der Waals surface area contributed by atoms with Crippen LogP contribution in [-0.4, -0.2) is 12.5 Å². The van der Waals surface area contributed by atoms with E-state index < -0.39 is 0 Å². The molecule has 0 unspecified atom stereocenters. The van der Waals surface area contributed by atoms with Gasteiger partial charge in [0.25, 0.3) is 0 Å². The number of nitrogens with one attached hydrogen (secondary N) is 1. The molecular formula is C10H12ClNO. The normalized spacial score (nSPS) is 8.31. The fraction of sp³-hybridized carbons (Fsp3) is 0.100. The van der Waals surface area contributed by atoms with Crippen molar-refractivity contribution in [1.29, 1.82) is 5.41 Å². The SMILES string of the molecule is C=CCOC(=N)c1ccccc1.Cl. The number of hydrogen-bond donors (Lipinski definition) is 1. The second kappa shape index (κ2) is 6.26. The predicted molar refractivity (Wildman–Crippen MR) is 56.7 cm³/mol. The molecule has 1 rings (SSSR count). The van der Waals surface area contributed by atoms with Gasteiger partial charge in [-0.1, -0.05) is 30.9 Å². The van der Waals surface area contributed by atoms with Gasteiger partial charge in [0.05, 0.1) is 0 Å². The van der Waals surface area contributed by atoms with Gasteiger partial charge in [0.2, 0.25) is 5.90 Å². The van der Waals surface area contributed by atoms with E-state index in [0.29, 0.717) is 6.61 Å². The Hall–Kier alpha value is -1.28. The number of rotatable bonds is 3. The second-order valence-electron chi connectivity index (χ2n) is 2.29. The predicted octanol–water partition coefficient (Wildman–Crippen LogP) is 2.64. The molecule has 0 aromatic heterocycles. The molecule has 13 heavy (non-hydrogen) atoms. The molecule has 0 heterocycles. The molecule has 0 aliphatic carbocycles. The first-order chi connectivity index (χ1) is 5.84. The van der Waals surface area contributed by atoms with E-state index in [9.17, 15) is 0 Å². The van der Waals surface area contributed by atoms with E-state index in [1.807, 2.05) is 30.3 Å². The maximum Gasteiger partial charge on any atom is 0.213 e. The average Bonchev–Trinajstić information content (AvgIpc) is 2.15. The Balaban J connectivity index is 0.00000144. The molecule has 0 spiro atoms. The van der Waals surface area contributed by atoms with Gasteiger partial charge in [-0.25, -0.2) is 0 Å². The summed E-state index contributed by atoms with van der Waals surface area (Å²) in [5.74, 6) is 0.190. The first kappa shape index (κ1) is 11.7. The van der Waals surface area contributed by atoms with Crippen molar-refractivity contribution in [1.82, 2.24) is 0 Å². The lowest BCUT2D eigenvalue weighted by atomic mass is 10.2. The molecule has 0 radical (unpaired) electrons. The number of benzene rings is 1. The number of halogens is 1.